The van der Waals surface area contributed by atoms with Crippen molar-refractivity contribution in [1.82, 2.24) is 14.5 Å². The molecule has 2 aromatic carbocycles. The van der Waals surface area contributed by atoms with Gasteiger partial charge in [0.05, 0.1) is 29.4 Å². The van der Waals surface area contributed by atoms with Gasteiger partial charge in [0.15, 0.2) is 0 Å². The number of ether oxygens (including phenoxy) is 2. The summed E-state index contributed by atoms with van der Waals surface area (Å²) in [5.74, 6) is 1.12. The number of imidazole rings is 1. The fourth-order valence-corrected chi connectivity index (χ4v) is 5.04. The standard InChI is InChI=1S/C24H23FN4O3S/c1-14-22(33-23(26-14)17-8-7-16(25)12-20(17)31-2)28-24(30)32-13-15-6-9-19-18(11-15)27-21-5-3-4-10-29(19)21/h6-9,11-12H,3-5,10,13H2,1-2H3,(H,28,30). The van der Waals surface area contributed by atoms with E-state index in [0.717, 1.165) is 35.4 Å². The molecule has 0 aliphatic carbocycles. The van der Waals surface area contributed by atoms with Crippen LogP contribution in [0.4, 0.5) is 14.2 Å². The molecule has 0 spiro atoms. The second-order valence-corrected chi connectivity index (χ2v) is 8.94. The number of hydrogen-bond acceptors (Lipinski definition) is 6. The Morgan fingerprint density at radius 2 is 2.09 bits per heavy atom. The lowest BCUT2D eigenvalue weighted by Gasteiger charge is -2.13. The van der Waals surface area contributed by atoms with E-state index in [1.807, 2.05) is 18.2 Å². The minimum Gasteiger partial charge on any atom is -0.496 e. The number of amides is 1. The number of benzene rings is 2. The van der Waals surface area contributed by atoms with Crippen molar-refractivity contribution < 1.29 is 18.7 Å². The molecule has 0 atom stereocenters. The molecule has 0 unspecified atom stereocenters. The van der Waals surface area contributed by atoms with Gasteiger partial charge in [0.25, 0.3) is 0 Å². The zero-order chi connectivity index (χ0) is 22.9. The van der Waals surface area contributed by atoms with Gasteiger partial charge in [0.2, 0.25) is 0 Å². The zero-order valence-corrected chi connectivity index (χ0v) is 19.2. The molecule has 1 aliphatic rings. The summed E-state index contributed by atoms with van der Waals surface area (Å²) in [4.78, 5) is 21.7. The van der Waals surface area contributed by atoms with E-state index in [9.17, 15) is 9.18 Å². The fourth-order valence-electron chi connectivity index (χ4n) is 4.06. The number of nitrogens with one attached hydrogen (secondary N) is 1. The first-order valence-electron chi connectivity index (χ1n) is 10.7. The highest BCUT2D eigenvalue weighted by molar-refractivity contribution is 7.19. The van der Waals surface area contributed by atoms with E-state index >= 15 is 0 Å². The van der Waals surface area contributed by atoms with Crippen molar-refractivity contribution >= 4 is 33.5 Å². The maximum absolute atomic E-state index is 13.5. The number of methoxy groups -OCH3 is 1. The highest BCUT2D eigenvalue weighted by Gasteiger charge is 2.17. The quantitative estimate of drug-likeness (QED) is 0.408. The highest BCUT2D eigenvalue weighted by Crippen LogP contribution is 2.37. The zero-order valence-electron chi connectivity index (χ0n) is 18.4. The van der Waals surface area contributed by atoms with E-state index < -0.39 is 6.09 Å². The molecule has 0 saturated carbocycles. The van der Waals surface area contributed by atoms with Crippen LogP contribution in [0, 0.1) is 12.7 Å². The van der Waals surface area contributed by atoms with E-state index in [-0.39, 0.29) is 12.4 Å². The van der Waals surface area contributed by atoms with Gasteiger partial charge in [0, 0.05) is 19.0 Å². The molecule has 0 radical (unpaired) electrons. The minimum atomic E-state index is -0.566. The van der Waals surface area contributed by atoms with Crippen LogP contribution in [0.15, 0.2) is 36.4 Å². The van der Waals surface area contributed by atoms with Gasteiger partial charge in [-0.25, -0.2) is 19.2 Å². The first-order valence-corrected chi connectivity index (χ1v) is 11.6. The average molecular weight is 467 g/mol. The van der Waals surface area contributed by atoms with Gasteiger partial charge in [-0.15, -0.1) is 0 Å². The number of thiazole rings is 1. The van der Waals surface area contributed by atoms with Crippen LogP contribution in [0.2, 0.25) is 0 Å². The Hall–Kier alpha value is -3.46. The van der Waals surface area contributed by atoms with Crippen molar-refractivity contribution in [2.45, 2.75) is 39.3 Å². The van der Waals surface area contributed by atoms with Gasteiger partial charge in [-0.05, 0) is 49.6 Å². The summed E-state index contributed by atoms with van der Waals surface area (Å²) >= 11 is 1.28. The molecule has 0 bridgehead atoms. The molecule has 1 aliphatic heterocycles. The lowest BCUT2D eigenvalue weighted by Crippen LogP contribution is -2.13. The molecule has 1 N–H and O–H groups in total. The summed E-state index contributed by atoms with van der Waals surface area (Å²) in [6.45, 7) is 2.94. The molecule has 3 heterocycles. The average Bonchev–Trinajstić information content (AvgIpc) is 3.37. The molecular weight excluding hydrogens is 443 g/mol. The Balaban J connectivity index is 1.26. The molecular formula is C24H23FN4O3S. The third kappa shape index (κ3) is 4.28. The minimum absolute atomic E-state index is 0.139. The predicted octanol–water partition coefficient (Wildman–Crippen LogP) is 5.70. The topological polar surface area (TPSA) is 78.3 Å². The molecule has 0 saturated heterocycles. The molecule has 2 aromatic heterocycles. The Morgan fingerprint density at radius 1 is 1.21 bits per heavy atom. The van der Waals surface area contributed by atoms with Crippen molar-refractivity contribution in [2.75, 3.05) is 12.4 Å². The number of hydrogen-bond donors (Lipinski definition) is 1. The van der Waals surface area contributed by atoms with Crippen molar-refractivity contribution in [3.63, 3.8) is 0 Å². The van der Waals surface area contributed by atoms with E-state index in [1.54, 1.807) is 13.0 Å². The maximum Gasteiger partial charge on any atom is 0.412 e. The lowest BCUT2D eigenvalue weighted by molar-refractivity contribution is 0.155. The second-order valence-electron chi connectivity index (χ2n) is 7.94. The molecule has 33 heavy (non-hydrogen) atoms. The van der Waals surface area contributed by atoms with Gasteiger partial charge >= 0.3 is 6.09 Å². The van der Waals surface area contributed by atoms with Crippen LogP contribution in [0.5, 0.6) is 5.75 Å². The number of rotatable bonds is 5. The third-order valence-corrected chi connectivity index (χ3v) is 6.81. The smallest absolute Gasteiger partial charge is 0.412 e. The number of fused-ring (bicyclic) bond motifs is 3. The summed E-state index contributed by atoms with van der Waals surface area (Å²) in [6.07, 6.45) is 2.79. The van der Waals surface area contributed by atoms with Crippen LogP contribution in [0.3, 0.4) is 0 Å². The van der Waals surface area contributed by atoms with Crippen molar-refractivity contribution in [2.24, 2.45) is 0 Å². The van der Waals surface area contributed by atoms with Gasteiger partial charge in [-0.3, -0.25) is 5.32 Å². The summed E-state index contributed by atoms with van der Waals surface area (Å²) in [6, 6.07) is 10.3. The van der Waals surface area contributed by atoms with Crippen LogP contribution in [0.25, 0.3) is 21.6 Å². The molecule has 0 fully saturated rings. The monoisotopic (exact) mass is 466 g/mol. The summed E-state index contributed by atoms with van der Waals surface area (Å²) in [5, 5.41) is 3.94. The second kappa shape index (κ2) is 8.82. The third-order valence-electron chi connectivity index (χ3n) is 5.70. The first-order chi connectivity index (χ1) is 16.0. The largest absolute Gasteiger partial charge is 0.496 e. The molecule has 5 rings (SSSR count). The Kier molecular flexibility index (Phi) is 5.72. The SMILES string of the molecule is COc1cc(F)ccc1-c1nc(C)c(NC(=O)OCc2ccc3c(c2)nc2n3CCCC2)s1. The van der Waals surface area contributed by atoms with Crippen LogP contribution in [-0.2, 0) is 24.3 Å². The van der Waals surface area contributed by atoms with E-state index in [1.165, 1.54) is 43.4 Å². The van der Waals surface area contributed by atoms with E-state index in [2.05, 4.69) is 14.9 Å². The number of anilines is 1. The van der Waals surface area contributed by atoms with Gasteiger partial charge in [-0.2, -0.15) is 0 Å². The Morgan fingerprint density at radius 3 is 2.94 bits per heavy atom. The Bertz CT molecular complexity index is 1350. The van der Waals surface area contributed by atoms with Crippen LogP contribution in [-0.4, -0.2) is 27.7 Å². The van der Waals surface area contributed by atoms with Crippen LogP contribution < -0.4 is 10.1 Å². The lowest BCUT2D eigenvalue weighted by atomic mass is 10.1. The number of nitrogens with zero attached hydrogens (tertiary/aromatic N) is 3. The van der Waals surface area contributed by atoms with Crippen molar-refractivity contribution in [1.29, 1.82) is 0 Å². The van der Waals surface area contributed by atoms with Crippen LogP contribution in [0.1, 0.15) is 29.9 Å². The first kappa shape index (κ1) is 21.4. The fraction of sp³-hybridized carbons (Fsp3) is 0.292. The van der Waals surface area contributed by atoms with E-state index in [0.29, 0.717) is 27.0 Å². The maximum atomic E-state index is 13.5. The Labute approximate surface area is 194 Å². The van der Waals surface area contributed by atoms with Crippen LogP contribution >= 0.6 is 11.3 Å². The summed E-state index contributed by atoms with van der Waals surface area (Å²) in [7, 11) is 1.48. The summed E-state index contributed by atoms with van der Waals surface area (Å²) in [5.41, 5.74) is 4.24. The predicted molar refractivity (Wildman–Crippen MR) is 125 cm³/mol. The molecule has 1 amide bonds. The van der Waals surface area contributed by atoms with Crippen molar-refractivity contribution in [3.05, 3.63) is 59.3 Å². The normalized spacial score (nSPS) is 13.1. The number of halogens is 1. The van der Waals surface area contributed by atoms with E-state index in [4.69, 9.17) is 14.5 Å². The molecule has 9 heteroatoms. The molecule has 7 nitrogen and oxygen atoms in total. The van der Waals surface area contributed by atoms with Gasteiger partial charge < -0.3 is 14.0 Å². The summed E-state index contributed by atoms with van der Waals surface area (Å²) < 4.78 is 26.5. The van der Waals surface area contributed by atoms with Gasteiger partial charge in [-0.1, -0.05) is 17.4 Å². The highest BCUT2D eigenvalue weighted by atomic mass is 32.1. The number of carbonyl (C=O) groups is 1. The van der Waals surface area contributed by atoms with Crippen molar-refractivity contribution in [3.8, 4) is 16.3 Å². The molecule has 4 aromatic rings. The molecule has 170 valence electrons. The number of aromatic nitrogens is 3. The number of aryl methyl sites for hydroxylation is 3. The van der Waals surface area contributed by atoms with Gasteiger partial charge in [0.1, 0.15) is 34.0 Å². The number of carbonyl (C=O) groups excluding carboxylic acids is 1.